The number of fused-ring (bicyclic) bond motifs is 1. The second-order valence-electron chi connectivity index (χ2n) is 8.46. The average Bonchev–Trinajstić information content (AvgIpc) is 3.31. The number of aromatic nitrogens is 3. The van der Waals surface area contributed by atoms with Crippen LogP contribution >= 0.6 is 0 Å². The summed E-state index contributed by atoms with van der Waals surface area (Å²) >= 11 is 0. The molecule has 1 amide bonds. The zero-order valence-corrected chi connectivity index (χ0v) is 18.5. The van der Waals surface area contributed by atoms with Crippen molar-refractivity contribution in [2.45, 2.75) is 25.3 Å². The van der Waals surface area contributed by atoms with Crippen molar-refractivity contribution in [3.8, 4) is 17.0 Å². The number of H-pyrrole nitrogens is 1. The van der Waals surface area contributed by atoms with E-state index in [4.69, 9.17) is 4.74 Å². The van der Waals surface area contributed by atoms with Gasteiger partial charge in [0.1, 0.15) is 18.2 Å². The van der Waals surface area contributed by atoms with E-state index in [2.05, 4.69) is 20.5 Å². The number of rotatable bonds is 5. The molecule has 0 aliphatic carbocycles. The molecule has 0 radical (unpaired) electrons. The van der Waals surface area contributed by atoms with Gasteiger partial charge in [0.2, 0.25) is 0 Å². The molecule has 1 saturated heterocycles. The van der Waals surface area contributed by atoms with Gasteiger partial charge in [-0.1, -0.05) is 0 Å². The average molecular weight is 490 g/mol. The molecule has 1 fully saturated rings. The maximum absolute atomic E-state index is 14.0. The molecule has 0 bridgehead atoms. The van der Waals surface area contributed by atoms with Gasteiger partial charge in [0.05, 0.1) is 23.5 Å². The normalized spacial score (nSPS) is 18.7. The minimum atomic E-state index is -4.45. The van der Waals surface area contributed by atoms with Crippen LogP contribution in [0.25, 0.3) is 11.3 Å². The van der Waals surface area contributed by atoms with Crippen LogP contribution < -0.4 is 15.0 Å². The van der Waals surface area contributed by atoms with Crippen molar-refractivity contribution in [2.24, 2.45) is 0 Å². The van der Waals surface area contributed by atoms with Gasteiger partial charge in [-0.05, 0) is 30.3 Å². The Morgan fingerprint density at radius 1 is 1.14 bits per heavy atom. The number of carbonyl (C=O) groups is 1. The van der Waals surface area contributed by atoms with E-state index in [0.29, 0.717) is 44.3 Å². The maximum Gasteiger partial charge on any atom is 0.417 e. The third-order valence-corrected chi connectivity index (χ3v) is 6.25. The molecular weight excluding hydrogens is 468 g/mol. The van der Waals surface area contributed by atoms with Gasteiger partial charge in [0.15, 0.2) is 0 Å². The molecule has 4 heterocycles. The van der Waals surface area contributed by atoms with E-state index in [-0.39, 0.29) is 0 Å². The summed E-state index contributed by atoms with van der Waals surface area (Å²) in [6.45, 7) is 1.50. The summed E-state index contributed by atoms with van der Waals surface area (Å²) < 4.78 is 57.6. The van der Waals surface area contributed by atoms with Crippen molar-refractivity contribution in [1.82, 2.24) is 25.4 Å². The number of hydrogen-bond acceptors (Lipinski definition) is 6. The maximum atomic E-state index is 14.0. The first-order valence-corrected chi connectivity index (χ1v) is 11.0. The molecule has 2 N–H and O–H groups in total. The Kier molecular flexibility index (Phi) is 6.05. The van der Waals surface area contributed by atoms with Gasteiger partial charge in [0.25, 0.3) is 0 Å². The zero-order chi connectivity index (χ0) is 24.6. The van der Waals surface area contributed by atoms with Crippen molar-refractivity contribution >= 4 is 11.9 Å². The largest absolute Gasteiger partial charge is 0.417 e. The number of nitrogens with one attached hydrogen (secondary N) is 2. The summed E-state index contributed by atoms with van der Waals surface area (Å²) in [5, 5.41) is 9.80. The molecule has 2 aromatic heterocycles. The van der Waals surface area contributed by atoms with Gasteiger partial charge >= 0.3 is 12.3 Å². The van der Waals surface area contributed by atoms with E-state index < -0.39 is 30.5 Å². The van der Waals surface area contributed by atoms with Crippen LogP contribution in [0.3, 0.4) is 0 Å². The number of hydrogen-bond donors (Lipinski definition) is 2. The lowest BCUT2D eigenvalue weighted by atomic mass is 10.0. The summed E-state index contributed by atoms with van der Waals surface area (Å²) in [5.41, 5.74) is 2.55. The lowest BCUT2D eigenvalue weighted by Gasteiger charge is -2.40. The molecule has 0 unspecified atom stereocenters. The van der Waals surface area contributed by atoms with Crippen molar-refractivity contribution < 1.29 is 27.1 Å². The molecule has 1 aromatic carbocycles. The third kappa shape index (κ3) is 4.78. The molecule has 1 atom stereocenters. The smallest absolute Gasteiger partial charge is 0.410 e. The third-order valence-electron chi connectivity index (χ3n) is 6.25. The summed E-state index contributed by atoms with van der Waals surface area (Å²) in [7, 11) is 0. The van der Waals surface area contributed by atoms with Gasteiger partial charge < -0.3 is 15.0 Å². The number of halogens is 4. The Morgan fingerprint density at radius 2 is 2.00 bits per heavy atom. The van der Waals surface area contributed by atoms with Crippen LogP contribution in [-0.2, 0) is 19.3 Å². The summed E-state index contributed by atoms with van der Waals surface area (Å²) in [6.07, 6.45) is -2.44. The quantitative estimate of drug-likeness (QED) is 0.530. The highest BCUT2D eigenvalue weighted by Gasteiger charge is 2.32. The van der Waals surface area contributed by atoms with Gasteiger partial charge in [0, 0.05) is 55.6 Å². The molecule has 184 valence electrons. The zero-order valence-electron chi connectivity index (χ0n) is 18.5. The van der Waals surface area contributed by atoms with E-state index in [1.165, 1.54) is 6.07 Å². The Bertz CT molecular complexity index is 1210. The van der Waals surface area contributed by atoms with E-state index >= 15 is 0 Å². The Labute approximate surface area is 197 Å². The van der Waals surface area contributed by atoms with Crippen LogP contribution in [-0.4, -0.2) is 58.5 Å². The molecule has 2 aliphatic heterocycles. The summed E-state index contributed by atoms with van der Waals surface area (Å²) in [6, 6.07) is 7.33. The van der Waals surface area contributed by atoms with Crippen LogP contribution in [0.2, 0.25) is 0 Å². The Balaban J connectivity index is 1.29. The molecule has 3 aromatic rings. The molecule has 35 heavy (non-hydrogen) atoms. The number of anilines is 1. The predicted octanol–water partition coefficient (Wildman–Crippen LogP) is 3.75. The van der Waals surface area contributed by atoms with Crippen LogP contribution in [0.5, 0.6) is 5.75 Å². The van der Waals surface area contributed by atoms with E-state index in [1.54, 1.807) is 17.2 Å². The fraction of sp³-hybridized carbons (Fsp3) is 0.348. The molecular formula is C23H22F4N6O2. The molecule has 5 rings (SSSR count). The van der Waals surface area contributed by atoms with Crippen molar-refractivity contribution in [3.63, 3.8) is 0 Å². The lowest BCUT2D eigenvalue weighted by Crippen LogP contribution is -2.54. The molecule has 8 nitrogen and oxygen atoms in total. The summed E-state index contributed by atoms with van der Waals surface area (Å²) in [4.78, 5) is 19.1. The van der Waals surface area contributed by atoms with Crippen LogP contribution in [0, 0.1) is 0 Å². The summed E-state index contributed by atoms with van der Waals surface area (Å²) in [5.74, 6) is 0.896. The van der Waals surface area contributed by atoms with Gasteiger partial charge in [-0.3, -0.25) is 10.00 Å². The minimum absolute atomic E-state index is 0.304. The predicted molar refractivity (Wildman–Crippen MR) is 119 cm³/mol. The SMILES string of the molecule is O=C1NCc2cc(-c3[nH]ncc3CN3CCN(c4ccc(C(F)(F)F)cn4)C[C@H]3CF)ccc2O1. The van der Waals surface area contributed by atoms with Crippen molar-refractivity contribution in [3.05, 3.63) is 59.4 Å². The number of carbonyl (C=O) groups excluding carboxylic acids is 1. The lowest BCUT2D eigenvalue weighted by molar-refractivity contribution is -0.137. The Hall–Kier alpha value is -3.67. The van der Waals surface area contributed by atoms with Crippen LogP contribution in [0.1, 0.15) is 16.7 Å². The molecule has 0 spiro atoms. The number of ether oxygens (including phenoxy) is 1. The standard InChI is InChI=1S/C23H22F4N6O2/c24-8-18-13-33(20-4-2-17(11-28-20)23(25,26)27)6-5-32(18)12-16-10-30-31-21(16)14-1-3-19-15(7-14)9-29-22(34)35-19/h1-4,7,10-11,18H,5-6,8-9,12-13H2,(H,29,34)(H,30,31)/t18-/m1/s1. The first kappa shape index (κ1) is 23.1. The van der Waals surface area contributed by atoms with Gasteiger partial charge in [-0.15, -0.1) is 0 Å². The number of aromatic amines is 1. The highest BCUT2D eigenvalue weighted by Crippen LogP contribution is 2.32. The van der Waals surface area contributed by atoms with Crippen LogP contribution in [0.4, 0.5) is 28.2 Å². The highest BCUT2D eigenvalue weighted by atomic mass is 19.4. The van der Waals surface area contributed by atoms with Crippen molar-refractivity contribution in [1.29, 1.82) is 0 Å². The number of amides is 1. The number of nitrogens with zero attached hydrogens (tertiary/aromatic N) is 4. The Morgan fingerprint density at radius 3 is 2.74 bits per heavy atom. The van der Waals surface area contributed by atoms with Crippen LogP contribution in [0.15, 0.2) is 42.7 Å². The second kappa shape index (κ2) is 9.17. The van der Waals surface area contributed by atoms with E-state index in [0.717, 1.165) is 34.6 Å². The monoisotopic (exact) mass is 490 g/mol. The highest BCUT2D eigenvalue weighted by molar-refractivity contribution is 5.74. The number of benzene rings is 1. The topological polar surface area (TPSA) is 86.4 Å². The number of piperazine rings is 1. The van der Waals surface area contributed by atoms with Gasteiger partial charge in [-0.25, -0.2) is 14.2 Å². The van der Waals surface area contributed by atoms with Gasteiger partial charge in [-0.2, -0.15) is 18.3 Å². The first-order chi connectivity index (χ1) is 16.8. The second-order valence-corrected chi connectivity index (χ2v) is 8.46. The van der Waals surface area contributed by atoms with E-state index in [9.17, 15) is 22.4 Å². The molecule has 2 aliphatic rings. The minimum Gasteiger partial charge on any atom is -0.410 e. The molecule has 0 saturated carbocycles. The fourth-order valence-electron chi connectivity index (χ4n) is 4.37. The number of pyridine rings is 1. The van der Waals surface area contributed by atoms with Crippen molar-refractivity contribution in [2.75, 3.05) is 31.2 Å². The molecule has 12 heteroatoms. The number of alkyl halides is 4. The first-order valence-electron chi connectivity index (χ1n) is 11.0. The fourth-order valence-corrected chi connectivity index (χ4v) is 4.37. The van der Waals surface area contributed by atoms with E-state index in [1.807, 2.05) is 17.0 Å².